The van der Waals surface area contributed by atoms with Crippen LogP contribution in [0.1, 0.15) is 32.6 Å². The average Bonchev–Trinajstić information content (AvgIpc) is 2.82. The molecule has 0 aromatic carbocycles. The van der Waals surface area contributed by atoms with Gasteiger partial charge in [-0.25, -0.2) is 0 Å². The molecule has 3 atom stereocenters. The first-order valence-corrected chi connectivity index (χ1v) is 7.47. The van der Waals surface area contributed by atoms with Gasteiger partial charge in [-0.3, -0.25) is 0 Å². The van der Waals surface area contributed by atoms with Crippen molar-refractivity contribution >= 4 is 23.2 Å². The molecule has 2 nitrogen and oxygen atoms in total. The number of allylic oxidation sites excluding steroid dienone is 3. The monoisotopic (exact) mass is 289 g/mol. The topological polar surface area (TPSA) is 32.3 Å². The molecule has 2 N–H and O–H groups in total. The van der Waals surface area contributed by atoms with Crippen LogP contribution in [0.25, 0.3) is 0 Å². The lowest BCUT2D eigenvalue weighted by molar-refractivity contribution is 0.000284. The Balaban J connectivity index is 2.13. The summed E-state index contributed by atoms with van der Waals surface area (Å²) in [4.78, 5) is 0. The molecule has 1 saturated heterocycles. The number of rotatable bonds is 4. The van der Waals surface area contributed by atoms with Crippen molar-refractivity contribution in [2.75, 3.05) is 13.1 Å². The van der Waals surface area contributed by atoms with Gasteiger partial charge in [-0.1, -0.05) is 48.7 Å². The van der Waals surface area contributed by atoms with Gasteiger partial charge in [0.15, 0.2) is 0 Å². The van der Waals surface area contributed by atoms with Gasteiger partial charge in [-0.15, -0.1) is 0 Å². The maximum atomic E-state index is 10.7. The number of hydrogen-bond acceptors (Lipinski definition) is 2. The van der Waals surface area contributed by atoms with Crippen molar-refractivity contribution in [3.05, 3.63) is 22.2 Å². The van der Waals surface area contributed by atoms with Crippen LogP contribution in [0.15, 0.2) is 22.2 Å². The molecule has 1 aliphatic heterocycles. The number of hydrogen-bond donors (Lipinski definition) is 2. The molecule has 0 spiro atoms. The summed E-state index contributed by atoms with van der Waals surface area (Å²) in [6.45, 7) is 4.08. The quantitative estimate of drug-likeness (QED) is 0.832. The molecule has 2 aliphatic rings. The van der Waals surface area contributed by atoms with E-state index < -0.39 is 0 Å². The SMILES string of the molecule is CCC[C@]1(C(O)C2C=C(Cl)C(Cl)=CC2)CCNC1. The maximum absolute atomic E-state index is 10.7. The van der Waals surface area contributed by atoms with Gasteiger partial charge in [0, 0.05) is 17.9 Å². The number of aliphatic hydroxyl groups is 1. The van der Waals surface area contributed by atoms with Crippen LogP contribution in [0.3, 0.4) is 0 Å². The van der Waals surface area contributed by atoms with E-state index in [1.807, 2.05) is 12.2 Å². The number of halogens is 2. The van der Waals surface area contributed by atoms with Crippen LogP contribution in [0.5, 0.6) is 0 Å². The Morgan fingerprint density at radius 3 is 2.83 bits per heavy atom. The molecule has 1 heterocycles. The second kappa shape index (κ2) is 5.96. The lowest BCUT2D eigenvalue weighted by Crippen LogP contribution is -2.42. The summed E-state index contributed by atoms with van der Waals surface area (Å²) in [5, 5.41) is 15.3. The first-order valence-electron chi connectivity index (χ1n) is 6.71. The molecule has 0 bridgehead atoms. The highest BCUT2D eigenvalue weighted by molar-refractivity contribution is 6.44. The Labute approximate surface area is 119 Å². The van der Waals surface area contributed by atoms with Crippen LogP contribution in [0.2, 0.25) is 0 Å². The van der Waals surface area contributed by atoms with Crippen LogP contribution in [-0.4, -0.2) is 24.3 Å². The molecule has 0 aromatic heterocycles. The predicted octanol–water partition coefficient (Wildman–Crippen LogP) is 3.39. The molecule has 102 valence electrons. The summed E-state index contributed by atoms with van der Waals surface area (Å²) in [5.74, 6) is 0.0893. The van der Waals surface area contributed by atoms with E-state index in [2.05, 4.69) is 12.2 Å². The van der Waals surface area contributed by atoms with Gasteiger partial charge in [0.2, 0.25) is 0 Å². The minimum absolute atomic E-state index is 0.00470. The first-order chi connectivity index (χ1) is 8.59. The van der Waals surface area contributed by atoms with Crippen molar-refractivity contribution in [2.24, 2.45) is 11.3 Å². The molecular formula is C14H21Cl2NO. The molecule has 2 unspecified atom stereocenters. The highest BCUT2D eigenvalue weighted by Crippen LogP contribution is 2.41. The number of nitrogens with one attached hydrogen (secondary N) is 1. The Hall–Kier alpha value is -0.0200. The molecule has 0 amide bonds. The molecule has 0 aromatic rings. The van der Waals surface area contributed by atoms with Gasteiger partial charge in [-0.05, 0) is 25.8 Å². The van der Waals surface area contributed by atoms with Gasteiger partial charge in [0.25, 0.3) is 0 Å². The zero-order chi connectivity index (χ0) is 13.2. The van der Waals surface area contributed by atoms with E-state index in [9.17, 15) is 5.11 Å². The Morgan fingerprint density at radius 2 is 2.28 bits per heavy atom. The van der Waals surface area contributed by atoms with Crippen molar-refractivity contribution in [2.45, 2.75) is 38.7 Å². The minimum atomic E-state index is -0.345. The van der Waals surface area contributed by atoms with E-state index >= 15 is 0 Å². The molecule has 18 heavy (non-hydrogen) atoms. The predicted molar refractivity (Wildman–Crippen MR) is 76.8 cm³/mol. The third kappa shape index (κ3) is 2.77. The van der Waals surface area contributed by atoms with Crippen LogP contribution >= 0.6 is 23.2 Å². The van der Waals surface area contributed by atoms with E-state index in [-0.39, 0.29) is 17.4 Å². The Morgan fingerprint density at radius 1 is 1.50 bits per heavy atom. The van der Waals surface area contributed by atoms with Gasteiger partial charge in [0.1, 0.15) is 0 Å². The fourth-order valence-electron chi connectivity index (χ4n) is 3.22. The molecule has 0 radical (unpaired) electrons. The molecular weight excluding hydrogens is 269 g/mol. The number of aliphatic hydroxyl groups excluding tert-OH is 1. The van der Waals surface area contributed by atoms with Gasteiger partial charge >= 0.3 is 0 Å². The first kappa shape index (κ1) is 14.4. The normalized spacial score (nSPS) is 34.1. The molecule has 4 heteroatoms. The molecule has 2 rings (SSSR count). The fraction of sp³-hybridized carbons (Fsp3) is 0.714. The molecule has 1 fully saturated rings. The van der Waals surface area contributed by atoms with Crippen LogP contribution in [0, 0.1) is 11.3 Å². The summed E-state index contributed by atoms with van der Waals surface area (Å²) in [7, 11) is 0. The Kier molecular flexibility index (Phi) is 4.76. The lowest BCUT2D eigenvalue weighted by atomic mass is 9.71. The highest BCUT2D eigenvalue weighted by atomic mass is 35.5. The lowest BCUT2D eigenvalue weighted by Gasteiger charge is -2.38. The van der Waals surface area contributed by atoms with E-state index in [1.54, 1.807) is 0 Å². The maximum Gasteiger partial charge on any atom is 0.0675 e. The largest absolute Gasteiger partial charge is 0.392 e. The third-order valence-corrected chi connectivity index (χ3v) is 5.00. The smallest absolute Gasteiger partial charge is 0.0675 e. The fourth-order valence-corrected chi connectivity index (χ4v) is 3.61. The average molecular weight is 290 g/mol. The summed E-state index contributed by atoms with van der Waals surface area (Å²) in [6, 6.07) is 0. The van der Waals surface area contributed by atoms with Crippen LogP contribution in [-0.2, 0) is 0 Å². The van der Waals surface area contributed by atoms with E-state index in [0.717, 1.165) is 38.8 Å². The molecule has 0 saturated carbocycles. The summed E-state index contributed by atoms with van der Waals surface area (Å²) in [5.41, 5.74) is 0.00470. The van der Waals surface area contributed by atoms with Crippen molar-refractivity contribution in [3.63, 3.8) is 0 Å². The van der Waals surface area contributed by atoms with Crippen molar-refractivity contribution in [1.29, 1.82) is 0 Å². The zero-order valence-corrected chi connectivity index (χ0v) is 12.3. The Bertz CT molecular complexity index is 359. The van der Waals surface area contributed by atoms with E-state index in [4.69, 9.17) is 23.2 Å². The second-order valence-electron chi connectivity index (χ2n) is 5.45. The van der Waals surface area contributed by atoms with Crippen LogP contribution in [0.4, 0.5) is 0 Å². The third-order valence-electron chi connectivity index (χ3n) is 4.22. The van der Waals surface area contributed by atoms with E-state index in [0.29, 0.717) is 10.1 Å². The highest BCUT2D eigenvalue weighted by Gasteiger charge is 2.43. The van der Waals surface area contributed by atoms with Crippen LogP contribution < -0.4 is 5.32 Å². The minimum Gasteiger partial charge on any atom is -0.392 e. The zero-order valence-electron chi connectivity index (χ0n) is 10.8. The van der Waals surface area contributed by atoms with Crippen molar-refractivity contribution < 1.29 is 5.11 Å². The summed E-state index contributed by atoms with van der Waals surface area (Å²) in [6.07, 6.45) is 7.47. The van der Waals surface area contributed by atoms with Crippen molar-refractivity contribution in [1.82, 2.24) is 5.32 Å². The van der Waals surface area contributed by atoms with Gasteiger partial charge in [-0.2, -0.15) is 0 Å². The molecule has 1 aliphatic carbocycles. The van der Waals surface area contributed by atoms with E-state index in [1.165, 1.54) is 0 Å². The van der Waals surface area contributed by atoms with Gasteiger partial charge < -0.3 is 10.4 Å². The second-order valence-corrected chi connectivity index (χ2v) is 6.26. The standard InChI is InChI=1S/C14H21Cl2NO/c1-2-5-14(6-7-17-9-14)13(18)10-3-4-11(15)12(16)8-10/h4,8,10,13,17-18H,2-3,5-7,9H2,1H3/t10?,13?,14-/m0/s1. The summed E-state index contributed by atoms with van der Waals surface area (Å²) >= 11 is 12.0. The summed E-state index contributed by atoms with van der Waals surface area (Å²) < 4.78 is 0. The van der Waals surface area contributed by atoms with Gasteiger partial charge in [0.05, 0.1) is 16.2 Å². The van der Waals surface area contributed by atoms with Crippen molar-refractivity contribution in [3.8, 4) is 0 Å².